The van der Waals surface area contributed by atoms with Gasteiger partial charge in [0.05, 0.1) is 52.9 Å². The minimum Gasteiger partial charge on any atom is -0.495 e. The molecule has 0 aromatic carbocycles. The number of carbonyl (C=O) groups excluding carboxylic acids is 3. The molecule has 1 aliphatic heterocycles. The lowest BCUT2D eigenvalue weighted by molar-refractivity contribution is -0.141. The van der Waals surface area contributed by atoms with Gasteiger partial charge in [-0.15, -0.1) is 0 Å². The fourth-order valence-electron chi connectivity index (χ4n) is 7.63. The molecular weight excluding hydrogens is 1090 g/mol. The van der Waals surface area contributed by atoms with Crippen LogP contribution in [-0.4, -0.2) is 101 Å². The first-order valence-electron chi connectivity index (χ1n) is 21.1. The molecule has 338 valence electrons. The van der Waals surface area contributed by atoms with Crippen LogP contribution in [-0.2, 0) is 28.6 Å². The van der Waals surface area contributed by atoms with Crippen molar-refractivity contribution in [2.45, 2.75) is 172 Å². The van der Waals surface area contributed by atoms with Gasteiger partial charge in [0.2, 0.25) is 0 Å². The lowest BCUT2D eigenvalue weighted by Crippen LogP contribution is -2.24. The Balaban J connectivity index is 0.00000101. The Kier molecular flexibility index (Phi) is 35.9. The number of hydrogen-bond donors (Lipinski definition) is 5. The van der Waals surface area contributed by atoms with Crippen LogP contribution in [0.25, 0.3) is 0 Å². The number of allylic oxidation sites excluding steroid dienone is 2. The molecule has 3 aliphatic rings. The van der Waals surface area contributed by atoms with E-state index in [2.05, 4.69) is 97.2 Å². The Hall–Kier alpha value is -0.380. The highest BCUT2D eigenvalue weighted by Crippen LogP contribution is 2.45. The fraction of sp³-hybridized carbons (Fsp3) is 0.795. The Morgan fingerprint density at radius 2 is 1.24 bits per heavy atom. The Labute approximate surface area is 390 Å². The van der Waals surface area contributed by atoms with E-state index in [9.17, 15) is 39.9 Å². The number of hydrogen-bond acceptors (Lipinski definition) is 11. The molecule has 11 nitrogen and oxygen atoms in total. The minimum atomic E-state index is -0.717. The molecule has 1 saturated heterocycles. The van der Waals surface area contributed by atoms with Crippen LogP contribution in [0.3, 0.4) is 0 Å². The molecule has 0 spiro atoms. The van der Waals surface area contributed by atoms with E-state index in [1.165, 1.54) is 16.7 Å². The summed E-state index contributed by atoms with van der Waals surface area (Å²) >= 11 is 6.70. The number of alkyl halides is 3. The monoisotopic (exact) mass is 1160 g/mol. The number of aliphatic hydroxyl groups is 5. The Morgan fingerprint density at radius 1 is 0.741 bits per heavy atom. The van der Waals surface area contributed by atoms with Crippen LogP contribution in [0.2, 0.25) is 0 Å². The number of carbonyl (C=O) groups is 3. The number of Topliss-reactive ketones (excluding diaryl/α,β-unsaturated/α-hetero) is 1. The number of halogens is 3. The number of rotatable bonds is 23. The molecule has 0 unspecified atom stereocenters. The van der Waals surface area contributed by atoms with Crippen molar-refractivity contribution in [2.24, 2.45) is 23.7 Å². The summed E-state index contributed by atoms with van der Waals surface area (Å²) < 4.78 is 16.4. The van der Waals surface area contributed by atoms with E-state index < -0.39 is 30.5 Å². The third kappa shape index (κ3) is 24.9. The molecule has 5 N–H and O–H groups in total. The second-order valence-electron chi connectivity index (χ2n) is 15.2. The molecule has 0 bridgehead atoms. The number of unbranched alkanes of at least 4 members (excludes halogenated alkanes) is 6. The topological polar surface area (TPSA) is 180 Å². The first-order valence-corrected chi connectivity index (χ1v) is 26.3. The average molecular weight is 1160 g/mol. The summed E-state index contributed by atoms with van der Waals surface area (Å²) in [6.07, 6.45) is 20.3. The zero-order valence-corrected chi connectivity index (χ0v) is 42.1. The molecule has 3 fully saturated rings. The molecule has 0 aromatic rings. The lowest BCUT2D eigenvalue weighted by atomic mass is 9.87. The van der Waals surface area contributed by atoms with Gasteiger partial charge in [0, 0.05) is 68.6 Å². The molecule has 10 atom stereocenters. The molecule has 0 aromatic heterocycles. The number of methoxy groups -OCH3 is 2. The predicted octanol–water partition coefficient (Wildman–Crippen LogP) is 8.90. The maximum Gasteiger partial charge on any atom is 0.305 e. The van der Waals surface area contributed by atoms with Crippen molar-refractivity contribution >= 4 is 85.5 Å². The van der Waals surface area contributed by atoms with Gasteiger partial charge in [0.25, 0.3) is 0 Å². The second kappa shape index (κ2) is 36.1. The number of ketones is 1. The summed E-state index contributed by atoms with van der Waals surface area (Å²) in [6.45, 7) is 4.26. The van der Waals surface area contributed by atoms with Crippen LogP contribution < -0.4 is 0 Å². The van der Waals surface area contributed by atoms with Crippen molar-refractivity contribution in [3.63, 3.8) is 0 Å². The SMILES string of the molecule is CCCCC[C@H](O)/C=C/[C@@H]1[C@@H](CC(=O)CCCCC(=O)OC)[C@@H](O)C[C@H]1O.CCCCC[C@H](O)/C=C/[C@@H]1[C@H]2C/C(=C/CCCC(=O)OC)O[C@H]2C[C@H]1O.CI.ICI. The summed E-state index contributed by atoms with van der Waals surface area (Å²) in [7, 11) is 2.75. The molecule has 0 radical (unpaired) electrons. The highest BCUT2D eigenvalue weighted by Gasteiger charge is 2.47. The maximum atomic E-state index is 12.2. The van der Waals surface area contributed by atoms with Crippen molar-refractivity contribution in [3.05, 3.63) is 36.1 Å². The first-order chi connectivity index (χ1) is 27.8. The van der Waals surface area contributed by atoms with E-state index in [1.54, 1.807) is 12.2 Å². The molecule has 2 saturated carbocycles. The summed E-state index contributed by atoms with van der Waals surface area (Å²) in [6, 6.07) is 0. The summed E-state index contributed by atoms with van der Waals surface area (Å²) in [5.74, 6) is 0.210. The third-order valence-corrected chi connectivity index (χ3v) is 10.8. The van der Waals surface area contributed by atoms with Gasteiger partial charge in [-0.05, 0) is 49.5 Å². The predicted molar refractivity (Wildman–Crippen MR) is 256 cm³/mol. The van der Waals surface area contributed by atoms with Gasteiger partial charge in [-0.25, -0.2) is 0 Å². The summed E-state index contributed by atoms with van der Waals surface area (Å²) in [4.78, 5) is 36.4. The normalized spacial score (nSPS) is 26.4. The van der Waals surface area contributed by atoms with E-state index in [0.717, 1.165) is 70.0 Å². The van der Waals surface area contributed by atoms with Crippen molar-refractivity contribution in [3.8, 4) is 0 Å². The van der Waals surface area contributed by atoms with Crippen molar-refractivity contribution < 1.29 is 54.1 Å². The van der Waals surface area contributed by atoms with E-state index in [1.807, 2.05) is 17.1 Å². The van der Waals surface area contributed by atoms with E-state index in [4.69, 9.17) is 4.74 Å². The van der Waals surface area contributed by atoms with Crippen LogP contribution in [0, 0.1) is 23.7 Å². The molecule has 2 aliphatic carbocycles. The van der Waals surface area contributed by atoms with Gasteiger partial charge in [-0.2, -0.15) is 0 Å². The van der Waals surface area contributed by atoms with Crippen LogP contribution >= 0.6 is 67.8 Å². The van der Waals surface area contributed by atoms with Gasteiger partial charge >= 0.3 is 11.9 Å². The molecule has 14 heteroatoms. The smallest absolute Gasteiger partial charge is 0.305 e. The third-order valence-electron chi connectivity index (χ3n) is 10.8. The number of esters is 2. The number of ether oxygens (including phenoxy) is 3. The van der Waals surface area contributed by atoms with Gasteiger partial charge in [-0.3, -0.25) is 14.4 Å². The average Bonchev–Trinajstić information content (AvgIpc) is 3.82. The van der Waals surface area contributed by atoms with Crippen molar-refractivity contribution in [2.75, 3.05) is 21.6 Å². The van der Waals surface area contributed by atoms with Crippen LogP contribution in [0.15, 0.2) is 36.1 Å². The Bertz CT molecular complexity index is 1180. The van der Waals surface area contributed by atoms with E-state index in [-0.39, 0.29) is 60.3 Å². The van der Waals surface area contributed by atoms with Crippen molar-refractivity contribution in [1.82, 2.24) is 0 Å². The van der Waals surface area contributed by atoms with Gasteiger partial charge in [0.1, 0.15) is 11.9 Å². The highest BCUT2D eigenvalue weighted by atomic mass is 127. The Morgan fingerprint density at radius 3 is 1.78 bits per heavy atom. The lowest BCUT2D eigenvalue weighted by Gasteiger charge is -2.20. The largest absolute Gasteiger partial charge is 0.495 e. The van der Waals surface area contributed by atoms with Crippen LogP contribution in [0.1, 0.15) is 136 Å². The number of fused-ring (bicyclic) bond motifs is 1. The van der Waals surface area contributed by atoms with Gasteiger partial charge in [0.15, 0.2) is 0 Å². The molecule has 3 rings (SSSR count). The standard InChI is InChI=1S/C21H36O6.C21H34O5.CH2I2.CH3I/c1-3-4-5-8-15(22)11-12-17-18(20(25)14-19(17)24)13-16(23)9-6-7-10-21(26)27-2;1-3-4-5-8-15(22)11-12-17-18-13-16(26-20(18)14-19(17)23)9-6-7-10-21(24)25-2;2-1-3;1-2/h11-12,15,17-20,22,24-25H,3-10,13-14H2,1-2H3;9,11-12,15,17-20,22-23H,3-8,10,13-14H2,1-2H3;1H2;1H3/b12-11+;12-11+,16-9-;;/t2*15-,17+,18+,19+,20-;;/m00../s1. The quantitative estimate of drug-likeness (QED) is 0.0217. The second-order valence-corrected chi connectivity index (χ2v) is 19.6. The summed E-state index contributed by atoms with van der Waals surface area (Å²) in [5.41, 5.74) is 0. The fourth-order valence-corrected chi connectivity index (χ4v) is 7.63. The first kappa shape index (κ1) is 57.6. The van der Waals surface area contributed by atoms with Crippen LogP contribution in [0.5, 0.6) is 0 Å². The van der Waals surface area contributed by atoms with Crippen molar-refractivity contribution in [1.29, 1.82) is 0 Å². The number of aliphatic hydroxyl groups excluding tert-OH is 5. The minimum absolute atomic E-state index is 0.0277. The summed E-state index contributed by atoms with van der Waals surface area (Å²) in [5, 5.41) is 50.9. The maximum absolute atomic E-state index is 12.2. The van der Waals surface area contributed by atoms with Gasteiger partial charge in [-0.1, -0.05) is 144 Å². The molecule has 58 heavy (non-hydrogen) atoms. The molecular formula is C44H75I3O11. The van der Waals surface area contributed by atoms with Gasteiger partial charge < -0.3 is 39.7 Å². The zero-order valence-electron chi connectivity index (χ0n) is 35.6. The van der Waals surface area contributed by atoms with Crippen LogP contribution in [0.4, 0.5) is 0 Å². The highest BCUT2D eigenvalue weighted by molar-refractivity contribution is 14.2. The van der Waals surface area contributed by atoms with E-state index >= 15 is 0 Å². The van der Waals surface area contributed by atoms with E-state index in [0.29, 0.717) is 44.9 Å². The zero-order chi connectivity index (χ0) is 43.9. The molecule has 1 heterocycles. The molecule has 0 amide bonds.